The van der Waals surface area contributed by atoms with Crippen molar-refractivity contribution >= 4 is 0 Å². The van der Waals surface area contributed by atoms with Crippen LogP contribution in [0, 0.1) is 0 Å². The molecule has 0 aliphatic carbocycles. The number of ether oxygens (including phenoxy) is 1. The van der Waals surface area contributed by atoms with E-state index in [9.17, 15) is 0 Å². The number of methoxy groups -OCH3 is 1. The molecule has 96 valence electrons. The van der Waals surface area contributed by atoms with Crippen molar-refractivity contribution in [2.45, 2.75) is 26.3 Å². The Kier molecular flexibility index (Phi) is 3.67. The SMILES string of the molecule is COc1ccc(C(C)C)cc1-c1cc(CN)[nH]n1. The van der Waals surface area contributed by atoms with Crippen LogP contribution in [-0.2, 0) is 6.54 Å². The maximum atomic E-state index is 5.59. The molecular formula is C14H19N3O. The number of aromatic amines is 1. The van der Waals surface area contributed by atoms with Crippen LogP contribution in [0.5, 0.6) is 5.75 Å². The smallest absolute Gasteiger partial charge is 0.128 e. The van der Waals surface area contributed by atoms with Crippen molar-refractivity contribution < 1.29 is 4.74 Å². The van der Waals surface area contributed by atoms with Crippen LogP contribution in [-0.4, -0.2) is 17.3 Å². The fourth-order valence-electron chi connectivity index (χ4n) is 1.89. The number of rotatable bonds is 4. The van der Waals surface area contributed by atoms with Crippen molar-refractivity contribution in [3.63, 3.8) is 0 Å². The second kappa shape index (κ2) is 5.23. The van der Waals surface area contributed by atoms with Gasteiger partial charge in [-0.2, -0.15) is 5.10 Å². The summed E-state index contributed by atoms with van der Waals surface area (Å²) in [4.78, 5) is 0. The number of hydrogen-bond acceptors (Lipinski definition) is 3. The highest BCUT2D eigenvalue weighted by molar-refractivity contribution is 5.68. The summed E-state index contributed by atoms with van der Waals surface area (Å²) in [5.74, 6) is 1.30. The molecule has 3 N–H and O–H groups in total. The Balaban J connectivity index is 2.49. The van der Waals surface area contributed by atoms with Crippen LogP contribution in [0.2, 0.25) is 0 Å². The summed E-state index contributed by atoms with van der Waals surface area (Å²) in [7, 11) is 1.67. The van der Waals surface area contributed by atoms with E-state index in [1.54, 1.807) is 7.11 Å². The Morgan fingerprint density at radius 1 is 1.33 bits per heavy atom. The Bertz CT molecular complexity index is 532. The molecule has 2 rings (SSSR count). The zero-order valence-corrected chi connectivity index (χ0v) is 11.0. The molecule has 0 spiro atoms. The molecule has 0 radical (unpaired) electrons. The molecule has 0 fully saturated rings. The van der Waals surface area contributed by atoms with Gasteiger partial charge in [0.05, 0.1) is 12.8 Å². The molecule has 0 saturated carbocycles. The van der Waals surface area contributed by atoms with Gasteiger partial charge in [-0.25, -0.2) is 0 Å². The fourth-order valence-corrected chi connectivity index (χ4v) is 1.89. The lowest BCUT2D eigenvalue weighted by Crippen LogP contribution is -1.95. The minimum Gasteiger partial charge on any atom is -0.496 e. The molecule has 4 nitrogen and oxygen atoms in total. The van der Waals surface area contributed by atoms with Gasteiger partial charge < -0.3 is 10.5 Å². The molecule has 0 saturated heterocycles. The van der Waals surface area contributed by atoms with Crippen molar-refractivity contribution in [2.75, 3.05) is 7.11 Å². The van der Waals surface area contributed by atoms with Gasteiger partial charge in [-0.15, -0.1) is 0 Å². The Labute approximate surface area is 107 Å². The lowest BCUT2D eigenvalue weighted by atomic mass is 9.99. The maximum absolute atomic E-state index is 5.59. The molecule has 1 aromatic heterocycles. The van der Waals surface area contributed by atoms with Crippen LogP contribution in [0.4, 0.5) is 0 Å². The van der Waals surface area contributed by atoms with Crippen molar-refractivity contribution in [3.05, 3.63) is 35.5 Å². The van der Waals surface area contributed by atoms with E-state index in [2.05, 4.69) is 36.2 Å². The number of nitrogens with two attached hydrogens (primary N) is 1. The standard InChI is InChI=1S/C14H19N3O/c1-9(2)10-4-5-14(18-3)12(6-10)13-7-11(8-15)16-17-13/h4-7,9H,8,15H2,1-3H3,(H,16,17). The highest BCUT2D eigenvalue weighted by Gasteiger charge is 2.11. The van der Waals surface area contributed by atoms with Gasteiger partial charge >= 0.3 is 0 Å². The number of nitrogens with zero attached hydrogens (tertiary/aromatic N) is 1. The molecule has 4 heteroatoms. The van der Waals surface area contributed by atoms with E-state index in [1.165, 1.54) is 5.56 Å². The molecule has 0 bridgehead atoms. The first-order valence-electron chi connectivity index (χ1n) is 6.08. The summed E-state index contributed by atoms with van der Waals surface area (Å²) in [5.41, 5.74) is 9.64. The summed E-state index contributed by atoms with van der Waals surface area (Å²) in [5, 5.41) is 7.20. The first-order valence-corrected chi connectivity index (χ1v) is 6.08. The largest absolute Gasteiger partial charge is 0.496 e. The first kappa shape index (κ1) is 12.6. The van der Waals surface area contributed by atoms with Gasteiger partial charge in [-0.05, 0) is 29.7 Å². The molecular weight excluding hydrogens is 226 g/mol. The number of benzene rings is 1. The molecule has 0 atom stereocenters. The van der Waals surface area contributed by atoms with Crippen molar-refractivity contribution in [2.24, 2.45) is 5.73 Å². The predicted octanol–water partition coefficient (Wildman–Crippen LogP) is 2.67. The highest BCUT2D eigenvalue weighted by atomic mass is 16.5. The van der Waals surface area contributed by atoms with E-state index in [1.807, 2.05) is 12.1 Å². The third-order valence-corrected chi connectivity index (χ3v) is 3.02. The van der Waals surface area contributed by atoms with E-state index in [4.69, 9.17) is 10.5 Å². The highest BCUT2D eigenvalue weighted by Crippen LogP contribution is 2.32. The van der Waals surface area contributed by atoms with Crippen LogP contribution in [0.15, 0.2) is 24.3 Å². The summed E-state index contributed by atoms with van der Waals surface area (Å²) in [6.45, 7) is 4.79. The van der Waals surface area contributed by atoms with Crippen molar-refractivity contribution in [3.8, 4) is 17.0 Å². The van der Waals surface area contributed by atoms with Gasteiger partial charge in [0, 0.05) is 17.8 Å². The third-order valence-electron chi connectivity index (χ3n) is 3.02. The molecule has 2 aromatic rings. The van der Waals surface area contributed by atoms with E-state index >= 15 is 0 Å². The maximum Gasteiger partial charge on any atom is 0.128 e. The number of nitrogens with one attached hydrogen (secondary N) is 1. The Morgan fingerprint density at radius 3 is 2.67 bits per heavy atom. The lowest BCUT2D eigenvalue weighted by Gasteiger charge is -2.11. The molecule has 0 amide bonds. The lowest BCUT2D eigenvalue weighted by molar-refractivity contribution is 0.416. The molecule has 1 heterocycles. The van der Waals surface area contributed by atoms with Crippen molar-refractivity contribution in [1.82, 2.24) is 10.2 Å². The van der Waals surface area contributed by atoms with Crippen LogP contribution >= 0.6 is 0 Å². The molecule has 1 aromatic carbocycles. The number of aromatic nitrogens is 2. The first-order chi connectivity index (χ1) is 8.65. The average molecular weight is 245 g/mol. The number of H-pyrrole nitrogens is 1. The normalized spacial score (nSPS) is 10.9. The van der Waals surface area contributed by atoms with Gasteiger partial charge in [0.2, 0.25) is 0 Å². The second-order valence-electron chi connectivity index (χ2n) is 4.60. The fraction of sp³-hybridized carbons (Fsp3) is 0.357. The van der Waals surface area contributed by atoms with Gasteiger partial charge in [0.1, 0.15) is 5.75 Å². The zero-order valence-electron chi connectivity index (χ0n) is 11.0. The van der Waals surface area contributed by atoms with E-state index in [0.29, 0.717) is 12.5 Å². The van der Waals surface area contributed by atoms with Crippen LogP contribution in [0.1, 0.15) is 31.0 Å². The Hall–Kier alpha value is -1.81. The summed E-state index contributed by atoms with van der Waals surface area (Å²) >= 11 is 0. The summed E-state index contributed by atoms with van der Waals surface area (Å²) in [6.07, 6.45) is 0. The zero-order chi connectivity index (χ0) is 13.1. The van der Waals surface area contributed by atoms with Crippen molar-refractivity contribution in [1.29, 1.82) is 0 Å². The van der Waals surface area contributed by atoms with Gasteiger partial charge in [-0.3, -0.25) is 5.10 Å². The van der Waals surface area contributed by atoms with E-state index in [-0.39, 0.29) is 0 Å². The predicted molar refractivity (Wildman–Crippen MR) is 72.6 cm³/mol. The van der Waals surface area contributed by atoms with Crippen LogP contribution in [0.3, 0.4) is 0 Å². The van der Waals surface area contributed by atoms with E-state index in [0.717, 1.165) is 22.7 Å². The quantitative estimate of drug-likeness (QED) is 0.870. The van der Waals surface area contributed by atoms with Crippen LogP contribution in [0.25, 0.3) is 11.3 Å². The molecule has 18 heavy (non-hydrogen) atoms. The third kappa shape index (κ3) is 2.38. The topological polar surface area (TPSA) is 63.9 Å². The molecule has 0 aliphatic rings. The minimum atomic E-state index is 0.458. The minimum absolute atomic E-state index is 0.458. The monoisotopic (exact) mass is 245 g/mol. The van der Waals surface area contributed by atoms with Crippen LogP contribution < -0.4 is 10.5 Å². The summed E-state index contributed by atoms with van der Waals surface area (Å²) < 4.78 is 5.39. The Morgan fingerprint density at radius 2 is 2.11 bits per heavy atom. The van der Waals surface area contributed by atoms with Gasteiger partial charge in [0.15, 0.2) is 0 Å². The average Bonchev–Trinajstić information content (AvgIpc) is 2.86. The second-order valence-corrected chi connectivity index (χ2v) is 4.60. The number of hydrogen-bond donors (Lipinski definition) is 2. The summed E-state index contributed by atoms with van der Waals surface area (Å²) in [6, 6.07) is 8.16. The van der Waals surface area contributed by atoms with Gasteiger partial charge in [-0.1, -0.05) is 19.9 Å². The van der Waals surface area contributed by atoms with E-state index < -0.39 is 0 Å². The molecule has 0 unspecified atom stereocenters. The van der Waals surface area contributed by atoms with Gasteiger partial charge in [0.25, 0.3) is 0 Å². The molecule has 0 aliphatic heterocycles.